The molecular weight excluding hydrogens is 416 g/mol. The molecule has 4 rings (SSSR count). The predicted molar refractivity (Wildman–Crippen MR) is 129 cm³/mol. The minimum absolute atomic E-state index is 0.0294. The zero-order valence-electron chi connectivity index (χ0n) is 19.7. The molecule has 2 N–H and O–H groups in total. The molecular formula is C27H36N2O4. The zero-order chi connectivity index (χ0) is 23.2. The Kier molecular flexibility index (Phi) is 7.89. The lowest BCUT2D eigenvalue weighted by atomic mass is 9.83. The summed E-state index contributed by atoms with van der Waals surface area (Å²) in [5.74, 6) is 1.44. The number of carbonyl (C=O) groups is 1. The summed E-state index contributed by atoms with van der Waals surface area (Å²) in [6.45, 7) is 3.12. The second kappa shape index (κ2) is 11.0. The summed E-state index contributed by atoms with van der Waals surface area (Å²) in [5, 5.41) is 13.4. The van der Waals surface area contributed by atoms with Crippen LogP contribution >= 0.6 is 0 Å². The number of benzene rings is 2. The molecule has 2 aromatic rings. The third-order valence-corrected chi connectivity index (χ3v) is 7.29. The molecule has 1 heterocycles. The lowest BCUT2D eigenvalue weighted by Crippen LogP contribution is -2.48. The first-order chi connectivity index (χ1) is 16.0. The first-order valence-corrected chi connectivity index (χ1v) is 12.1. The topological polar surface area (TPSA) is 71.0 Å². The summed E-state index contributed by atoms with van der Waals surface area (Å²) in [6.07, 6.45) is 4.43. The van der Waals surface area contributed by atoms with E-state index < -0.39 is 6.09 Å². The normalized spacial score (nSPS) is 27.5. The van der Waals surface area contributed by atoms with Crippen LogP contribution in [-0.2, 0) is 11.3 Å². The van der Waals surface area contributed by atoms with Gasteiger partial charge in [-0.2, -0.15) is 0 Å². The maximum Gasteiger partial charge on any atom is 0.407 e. The van der Waals surface area contributed by atoms with Gasteiger partial charge < -0.3 is 19.9 Å². The van der Waals surface area contributed by atoms with Gasteiger partial charge in [-0.05, 0) is 68.2 Å². The third-order valence-electron chi connectivity index (χ3n) is 7.29. The molecule has 0 spiro atoms. The summed E-state index contributed by atoms with van der Waals surface area (Å²) in [5.41, 5.74) is 2.57. The van der Waals surface area contributed by atoms with E-state index >= 15 is 0 Å². The molecule has 6 nitrogen and oxygen atoms in total. The molecule has 1 saturated carbocycles. The van der Waals surface area contributed by atoms with Crippen LogP contribution in [0.3, 0.4) is 0 Å². The summed E-state index contributed by atoms with van der Waals surface area (Å²) in [4.78, 5) is 13.6. The number of hydrogen-bond donors (Lipinski definition) is 2. The Bertz CT molecular complexity index is 881. The Morgan fingerprint density at radius 2 is 1.76 bits per heavy atom. The molecule has 0 bridgehead atoms. The molecule has 2 fully saturated rings. The Balaban J connectivity index is 1.32. The van der Waals surface area contributed by atoms with Crippen LogP contribution in [-0.4, -0.2) is 54.0 Å². The highest BCUT2D eigenvalue weighted by atomic mass is 16.5. The highest BCUT2D eigenvalue weighted by Gasteiger charge is 2.42. The Morgan fingerprint density at radius 1 is 1.06 bits per heavy atom. The average Bonchev–Trinajstić information content (AvgIpc) is 3.17. The average molecular weight is 453 g/mol. The fraction of sp³-hybridized carbons (Fsp3) is 0.519. The molecule has 1 amide bonds. The van der Waals surface area contributed by atoms with Gasteiger partial charge >= 0.3 is 6.09 Å². The molecule has 0 aromatic heterocycles. The Morgan fingerprint density at radius 3 is 2.39 bits per heavy atom. The second-order valence-electron chi connectivity index (χ2n) is 9.40. The SMILES string of the molecule is COc1ccc(CN[C@H]2C[C@@H](C)N(C(=O)O)[C@H]2COC2CCC(c3ccccc3)CC2)cc1. The van der Waals surface area contributed by atoms with Gasteiger partial charge in [-0.1, -0.05) is 42.5 Å². The quantitative estimate of drug-likeness (QED) is 0.587. The maximum atomic E-state index is 12.0. The third kappa shape index (κ3) is 5.87. The summed E-state index contributed by atoms with van der Waals surface area (Å²) in [6, 6.07) is 18.6. The van der Waals surface area contributed by atoms with E-state index in [0.717, 1.165) is 43.4 Å². The van der Waals surface area contributed by atoms with Gasteiger partial charge in [-0.15, -0.1) is 0 Å². The molecule has 0 radical (unpaired) electrons. The van der Waals surface area contributed by atoms with Crippen molar-refractivity contribution < 1.29 is 19.4 Å². The van der Waals surface area contributed by atoms with Gasteiger partial charge in [0.05, 0.1) is 25.9 Å². The highest BCUT2D eigenvalue weighted by molar-refractivity contribution is 5.66. The number of nitrogens with zero attached hydrogens (tertiary/aromatic N) is 1. The summed E-state index contributed by atoms with van der Waals surface area (Å²) >= 11 is 0. The number of likely N-dealkylation sites (tertiary alicyclic amines) is 1. The van der Waals surface area contributed by atoms with Crippen LogP contribution < -0.4 is 10.1 Å². The van der Waals surface area contributed by atoms with Crippen LogP contribution in [0.5, 0.6) is 5.75 Å². The van der Waals surface area contributed by atoms with Crippen molar-refractivity contribution in [3.63, 3.8) is 0 Å². The summed E-state index contributed by atoms with van der Waals surface area (Å²) in [7, 11) is 1.66. The van der Waals surface area contributed by atoms with Crippen LogP contribution in [0.2, 0.25) is 0 Å². The van der Waals surface area contributed by atoms with Crippen molar-refractivity contribution in [2.75, 3.05) is 13.7 Å². The van der Waals surface area contributed by atoms with E-state index in [-0.39, 0.29) is 24.2 Å². The molecule has 6 heteroatoms. The molecule has 1 aliphatic heterocycles. The van der Waals surface area contributed by atoms with Crippen LogP contribution in [0, 0.1) is 0 Å². The lowest BCUT2D eigenvalue weighted by Gasteiger charge is -2.33. The van der Waals surface area contributed by atoms with Gasteiger partial charge in [0.2, 0.25) is 0 Å². The first kappa shape index (κ1) is 23.6. The van der Waals surface area contributed by atoms with E-state index in [4.69, 9.17) is 9.47 Å². The number of ether oxygens (including phenoxy) is 2. The number of nitrogens with one attached hydrogen (secondary N) is 1. The van der Waals surface area contributed by atoms with E-state index in [0.29, 0.717) is 19.1 Å². The number of amides is 1. The molecule has 1 aliphatic carbocycles. The number of carboxylic acid groups (broad SMARTS) is 1. The molecule has 178 valence electrons. The van der Waals surface area contributed by atoms with Crippen molar-refractivity contribution >= 4 is 6.09 Å². The largest absolute Gasteiger partial charge is 0.497 e. The van der Waals surface area contributed by atoms with Crippen molar-refractivity contribution in [1.29, 1.82) is 0 Å². The van der Waals surface area contributed by atoms with Crippen molar-refractivity contribution in [3.05, 3.63) is 65.7 Å². The Hall–Kier alpha value is -2.57. The van der Waals surface area contributed by atoms with Crippen molar-refractivity contribution in [1.82, 2.24) is 10.2 Å². The zero-order valence-corrected chi connectivity index (χ0v) is 19.7. The smallest absolute Gasteiger partial charge is 0.407 e. The molecule has 0 unspecified atom stereocenters. The molecule has 33 heavy (non-hydrogen) atoms. The van der Waals surface area contributed by atoms with Gasteiger partial charge in [0.25, 0.3) is 0 Å². The standard InChI is InChI=1S/C27H36N2O4/c1-19-16-25(28-17-20-8-12-23(32-2)13-9-20)26(29(19)27(30)31)18-33-24-14-10-22(11-15-24)21-6-4-3-5-7-21/h3-9,12-13,19,22,24-26,28H,10-11,14-18H2,1-2H3,(H,30,31)/t19-,22?,24?,25+,26+/m1/s1. The molecule has 1 saturated heterocycles. The van der Waals surface area contributed by atoms with Crippen LogP contribution in [0.1, 0.15) is 56.1 Å². The fourth-order valence-corrected chi connectivity index (χ4v) is 5.42. The maximum absolute atomic E-state index is 12.0. The minimum atomic E-state index is -0.863. The first-order valence-electron chi connectivity index (χ1n) is 12.1. The fourth-order valence-electron chi connectivity index (χ4n) is 5.42. The van der Waals surface area contributed by atoms with Crippen molar-refractivity contribution in [2.24, 2.45) is 0 Å². The van der Waals surface area contributed by atoms with Crippen molar-refractivity contribution in [2.45, 2.75) is 75.7 Å². The number of hydrogen-bond acceptors (Lipinski definition) is 4. The van der Waals surface area contributed by atoms with Crippen LogP contribution in [0.25, 0.3) is 0 Å². The van der Waals surface area contributed by atoms with Gasteiger partial charge in [0.1, 0.15) is 5.75 Å². The highest BCUT2D eigenvalue weighted by Crippen LogP contribution is 2.34. The lowest BCUT2D eigenvalue weighted by molar-refractivity contribution is -0.00812. The molecule has 2 aromatic carbocycles. The number of rotatable bonds is 8. The number of methoxy groups -OCH3 is 1. The van der Waals surface area contributed by atoms with Gasteiger partial charge in [0.15, 0.2) is 0 Å². The van der Waals surface area contributed by atoms with E-state index in [2.05, 4.69) is 35.6 Å². The monoisotopic (exact) mass is 452 g/mol. The van der Waals surface area contributed by atoms with E-state index in [1.165, 1.54) is 5.56 Å². The Labute approximate surface area is 196 Å². The second-order valence-corrected chi connectivity index (χ2v) is 9.40. The van der Waals surface area contributed by atoms with Crippen LogP contribution in [0.4, 0.5) is 4.79 Å². The summed E-state index contributed by atoms with van der Waals surface area (Å²) < 4.78 is 11.6. The minimum Gasteiger partial charge on any atom is -0.497 e. The van der Waals surface area contributed by atoms with Gasteiger partial charge in [-0.3, -0.25) is 4.90 Å². The van der Waals surface area contributed by atoms with Gasteiger partial charge in [0, 0.05) is 18.6 Å². The van der Waals surface area contributed by atoms with Gasteiger partial charge in [-0.25, -0.2) is 4.79 Å². The predicted octanol–water partition coefficient (Wildman–Crippen LogP) is 5.04. The van der Waals surface area contributed by atoms with E-state index in [1.54, 1.807) is 12.0 Å². The van der Waals surface area contributed by atoms with E-state index in [1.807, 2.05) is 31.2 Å². The molecule has 3 atom stereocenters. The van der Waals surface area contributed by atoms with Crippen LogP contribution in [0.15, 0.2) is 54.6 Å². The van der Waals surface area contributed by atoms with Crippen molar-refractivity contribution in [3.8, 4) is 5.75 Å². The van der Waals surface area contributed by atoms with E-state index in [9.17, 15) is 9.90 Å². The molecule has 2 aliphatic rings.